The second-order valence-electron chi connectivity index (χ2n) is 4.78. The number of nitrogens with two attached hydrogens (primary N) is 2. The number of hydrogen-bond acceptors (Lipinski definition) is 5. The van der Waals surface area contributed by atoms with Gasteiger partial charge in [0, 0.05) is 12.3 Å². The van der Waals surface area contributed by atoms with Crippen molar-refractivity contribution in [1.82, 2.24) is 9.55 Å². The molecule has 0 spiro atoms. The topological polar surface area (TPSA) is 86.9 Å². The summed E-state index contributed by atoms with van der Waals surface area (Å²) < 4.78 is 1.69. The van der Waals surface area contributed by atoms with Gasteiger partial charge in [0.15, 0.2) is 5.16 Å². The van der Waals surface area contributed by atoms with Crippen molar-refractivity contribution in [2.45, 2.75) is 42.5 Å². The van der Waals surface area contributed by atoms with Crippen LogP contribution in [0.3, 0.4) is 0 Å². The number of nitrogens with zero attached hydrogens (tertiary/aromatic N) is 2. The first-order valence-corrected chi connectivity index (χ1v) is 7.43. The first kappa shape index (κ1) is 14.0. The molecule has 0 bridgehead atoms. The monoisotopic (exact) mass is 280 g/mol. The van der Waals surface area contributed by atoms with Crippen molar-refractivity contribution in [2.75, 3.05) is 11.5 Å². The Morgan fingerprint density at radius 1 is 1.37 bits per heavy atom. The van der Waals surface area contributed by atoms with Crippen molar-refractivity contribution >= 4 is 23.3 Å². The average molecular weight is 280 g/mol. The van der Waals surface area contributed by atoms with Crippen molar-refractivity contribution in [3.63, 3.8) is 0 Å². The first-order chi connectivity index (χ1) is 9.09. The highest BCUT2D eigenvalue weighted by atomic mass is 32.2. The molecule has 1 aromatic rings. The van der Waals surface area contributed by atoms with Crippen LogP contribution in [0.4, 0.5) is 11.5 Å². The van der Waals surface area contributed by atoms with Crippen LogP contribution in [0.25, 0.3) is 0 Å². The lowest BCUT2D eigenvalue weighted by atomic mass is 10.1. The number of thioether (sulfide) groups is 1. The van der Waals surface area contributed by atoms with E-state index in [-0.39, 0.29) is 11.5 Å². The van der Waals surface area contributed by atoms with Crippen LogP contribution in [-0.2, 0) is 7.05 Å². The Morgan fingerprint density at radius 2 is 2.16 bits per heavy atom. The quantitative estimate of drug-likeness (QED) is 0.638. The van der Waals surface area contributed by atoms with Crippen LogP contribution in [0.1, 0.15) is 32.1 Å². The Balaban J connectivity index is 2.23. The minimum absolute atomic E-state index is 0.0278. The van der Waals surface area contributed by atoms with Crippen LogP contribution in [-0.4, -0.2) is 14.8 Å². The molecule has 1 heterocycles. The first-order valence-electron chi connectivity index (χ1n) is 6.55. The number of nitrogen functional groups attached to an aromatic ring is 2. The predicted molar refractivity (Wildman–Crippen MR) is 80.2 cm³/mol. The zero-order valence-electron chi connectivity index (χ0n) is 11.1. The van der Waals surface area contributed by atoms with Crippen LogP contribution in [0.2, 0.25) is 0 Å². The largest absolute Gasteiger partial charge is 0.391 e. The number of rotatable bonds is 2. The average Bonchev–Trinajstić information content (AvgIpc) is 2.36. The van der Waals surface area contributed by atoms with E-state index >= 15 is 0 Å². The third-order valence-corrected chi connectivity index (χ3v) is 4.59. The molecular formula is C13H20N4OS. The van der Waals surface area contributed by atoms with Crippen molar-refractivity contribution < 1.29 is 0 Å². The Kier molecular flexibility index (Phi) is 4.52. The molecule has 0 amide bonds. The van der Waals surface area contributed by atoms with E-state index < -0.39 is 5.56 Å². The number of hydrogen-bond donors (Lipinski definition) is 2. The molecule has 0 radical (unpaired) electrons. The summed E-state index contributed by atoms with van der Waals surface area (Å²) in [6, 6.07) is 0. The van der Waals surface area contributed by atoms with Crippen LogP contribution >= 0.6 is 11.8 Å². The fourth-order valence-electron chi connectivity index (χ4n) is 2.08. The highest BCUT2D eigenvalue weighted by Crippen LogP contribution is 2.28. The maximum atomic E-state index is 11.6. The standard InChI is InChI=1S/C13H20N4OS/c1-17-11(15)10(14)12(18)16-13(17)19-9-7-5-3-2-4-6-8-9/h5,7,9H,2-4,6,8,14-15H2,1H3. The van der Waals surface area contributed by atoms with E-state index in [4.69, 9.17) is 11.5 Å². The van der Waals surface area contributed by atoms with E-state index in [0.717, 1.165) is 12.8 Å². The highest BCUT2D eigenvalue weighted by molar-refractivity contribution is 7.99. The van der Waals surface area contributed by atoms with Crippen LogP contribution in [0, 0.1) is 0 Å². The van der Waals surface area contributed by atoms with E-state index in [1.54, 1.807) is 23.4 Å². The van der Waals surface area contributed by atoms with E-state index in [9.17, 15) is 4.79 Å². The zero-order valence-corrected chi connectivity index (χ0v) is 11.9. The van der Waals surface area contributed by atoms with Gasteiger partial charge in [0.1, 0.15) is 11.5 Å². The molecule has 0 fully saturated rings. The van der Waals surface area contributed by atoms with Gasteiger partial charge in [-0.05, 0) is 19.3 Å². The van der Waals surface area contributed by atoms with Gasteiger partial charge in [-0.25, -0.2) is 0 Å². The Morgan fingerprint density at radius 3 is 2.95 bits per heavy atom. The van der Waals surface area contributed by atoms with Gasteiger partial charge in [-0.2, -0.15) is 4.98 Å². The van der Waals surface area contributed by atoms with E-state index in [2.05, 4.69) is 17.1 Å². The smallest absolute Gasteiger partial charge is 0.299 e. The Hall–Kier alpha value is -1.43. The summed E-state index contributed by atoms with van der Waals surface area (Å²) in [6.07, 6.45) is 10.4. The normalized spacial score (nSPS) is 19.9. The predicted octanol–water partition coefficient (Wildman–Crippen LogP) is 1.93. The number of allylic oxidation sites excluding steroid dienone is 1. The van der Waals surface area contributed by atoms with Crippen molar-refractivity contribution in [3.8, 4) is 0 Å². The summed E-state index contributed by atoms with van der Waals surface area (Å²) in [5.74, 6) is 0.289. The number of aromatic nitrogens is 2. The van der Waals surface area contributed by atoms with Gasteiger partial charge in [0.05, 0.1) is 0 Å². The molecule has 1 aliphatic carbocycles. The maximum Gasteiger partial charge on any atom is 0.299 e. The molecule has 2 rings (SSSR count). The van der Waals surface area contributed by atoms with Gasteiger partial charge in [-0.3, -0.25) is 4.79 Å². The third kappa shape index (κ3) is 3.32. The molecule has 6 heteroatoms. The second-order valence-corrected chi connectivity index (χ2v) is 5.99. The summed E-state index contributed by atoms with van der Waals surface area (Å²) >= 11 is 1.58. The van der Waals surface area contributed by atoms with Crippen LogP contribution in [0.5, 0.6) is 0 Å². The molecule has 0 saturated heterocycles. The lowest BCUT2D eigenvalue weighted by molar-refractivity contribution is 0.641. The SMILES string of the molecule is Cn1c(SC2C=CCCCCC2)nc(=O)c(N)c1N. The molecule has 19 heavy (non-hydrogen) atoms. The minimum atomic E-state index is -0.437. The zero-order chi connectivity index (χ0) is 13.8. The summed E-state index contributed by atoms with van der Waals surface area (Å²) in [5.41, 5.74) is 11.0. The second kappa shape index (κ2) is 6.14. The molecule has 4 N–H and O–H groups in total. The molecule has 5 nitrogen and oxygen atoms in total. The Labute approximate surface area is 117 Å². The molecule has 1 aliphatic rings. The van der Waals surface area contributed by atoms with E-state index in [0.29, 0.717) is 10.4 Å². The fraction of sp³-hybridized carbons (Fsp3) is 0.538. The van der Waals surface area contributed by atoms with Gasteiger partial charge in [-0.1, -0.05) is 36.8 Å². The molecule has 1 unspecified atom stereocenters. The van der Waals surface area contributed by atoms with Crippen molar-refractivity contribution in [1.29, 1.82) is 0 Å². The number of anilines is 2. The van der Waals surface area contributed by atoms with Gasteiger partial charge in [-0.15, -0.1) is 0 Å². The summed E-state index contributed by atoms with van der Waals surface area (Å²) in [6.45, 7) is 0. The fourth-order valence-corrected chi connectivity index (χ4v) is 3.22. The molecular weight excluding hydrogens is 260 g/mol. The third-order valence-electron chi connectivity index (χ3n) is 3.32. The van der Waals surface area contributed by atoms with E-state index in [1.807, 2.05) is 0 Å². The molecule has 0 saturated carbocycles. The summed E-state index contributed by atoms with van der Waals surface area (Å²) in [5, 5.41) is 0.980. The van der Waals surface area contributed by atoms with Gasteiger partial charge >= 0.3 is 0 Å². The van der Waals surface area contributed by atoms with E-state index in [1.165, 1.54) is 19.3 Å². The molecule has 104 valence electrons. The Bertz CT molecular complexity index is 538. The van der Waals surface area contributed by atoms with Crippen LogP contribution in [0.15, 0.2) is 22.1 Å². The van der Waals surface area contributed by atoms with Crippen molar-refractivity contribution in [2.24, 2.45) is 7.05 Å². The van der Waals surface area contributed by atoms with Gasteiger partial charge in [0.25, 0.3) is 5.56 Å². The molecule has 0 aliphatic heterocycles. The summed E-state index contributed by atoms with van der Waals surface area (Å²) in [7, 11) is 1.78. The molecule has 0 aromatic carbocycles. The lowest BCUT2D eigenvalue weighted by Crippen LogP contribution is -2.21. The maximum absolute atomic E-state index is 11.6. The van der Waals surface area contributed by atoms with Gasteiger partial charge < -0.3 is 16.0 Å². The molecule has 1 atom stereocenters. The summed E-state index contributed by atoms with van der Waals surface area (Å²) in [4.78, 5) is 15.6. The highest BCUT2D eigenvalue weighted by Gasteiger charge is 2.15. The van der Waals surface area contributed by atoms with Crippen LogP contribution < -0.4 is 17.0 Å². The molecule has 1 aromatic heterocycles. The van der Waals surface area contributed by atoms with Gasteiger partial charge in [0.2, 0.25) is 0 Å². The lowest BCUT2D eigenvalue weighted by Gasteiger charge is -2.17. The minimum Gasteiger partial charge on any atom is -0.391 e. The van der Waals surface area contributed by atoms with Crippen molar-refractivity contribution in [3.05, 3.63) is 22.5 Å².